The highest BCUT2D eigenvalue weighted by Crippen LogP contribution is 2.86. The van der Waals surface area contributed by atoms with Gasteiger partial charge in [0, 0.05) is 29.7 Å². The van der Waals surface area contributed by atoms with E-state index in [2.05, 4.69) is 81.5 Å². The van der Waals surface area contributed by atoms with E-state index in [0.29, 0.717) is 29.1 Å². The van der Waals surface area contributed by atoms with Crippen LogP contribution >= 0.6 is 0 Å². The minimum Gasteiger partial charge on any atom is -0.344 e. The average Bonchev–Trinajstić information content (AvgIpc) is 3.30. The van der Waals surface area contributed by atoms with E-state index in [1.807, 2.05) is 0 Å². The Hall–Kier alpha value is -1.16. The summed E-state index contributed by atoms with van der Waals surface area (Å²) in [6.45, 7) is 4.55. The van der Waals surface area contributed by atoms with Gasteiger partial charge in [0.25, 0.3) is 0 Å². The van der Waals surface area contributed by atoms with E-state index in [1.165, 1.54) is 154 Å². The first-order valence-electron chi connectivity index (χ1n) is 21.7. The van der Waals surface area contributed by atoms with E-state index in [4.69, 9.17) is 9.47 Å². The lowest BCUT2D eigenvalue weighted by Gasteiger charge is -2.44. The zero-order chi connectivity index (χ0) is 34.7. The molecule has 0 aromatic rings. The summed E-state index contributed by atoms with van der Waals surface area (Å²) in [6, 6.07) is 0. The Kier molecular flexibility index (Phi) is 18.3. The Labute approximate surface area is 304 Å². The van der Waals surface area contributed by atoms with E-state index < -0.39 is 0 Å². The van der Waals surface area contributed by atoms with Gasteiger partial charge in [-0.2, -0.15) is 0 Å². The van der Waals surface area contributed by atoms with Crippen LogP contribution in [0.2, 0.25) is 0 Å². The minimum atomic E-state index is -0.299. The van der Waals surface area contributed by atoms with Crippen LogP contribution in [0.1, 0.15) is 194 Å². The number of unbranched alkanes of at least 4 members (excludes halogenated alkanes) is 18. The highest BCUT2D eigenvalue weighted by Gasteiger charge is 2.92. The third-order valence-electron chi connectivity index (χ3n) is 12.8. The van der Waals surface area contributed by atoms with Crippen LogP contribution in [-0.2, 0) is 9.47 Å². The summed E-state index contributed by atoms with van der Waals surface area (Å²) < 4.78 is 14.2. The van der Waals surface area contributed by atoms with E-state index in [1.54, 1.807) is 0 Å². The molecule has 0 radical (unpaired) electrons. The predicted molar refractivity (Wildman–Crippen MR) is 212 cm³/mol. The molecular formula is C46H79NO2. The minimum absolute atomic E-state index is 0.299. The summed E-state index contributed by atoms with van der Waals surface area (Å²) in [7, 11) is 4.58. The smallest absolute Gasteiger partial charge is 0.169 e. The van der Waals surface area contributed by atoms with Gasteiger partial charge in [-0.1, -0.05) is 140 Å². The van der Waals surface area contributed by atoms with E-state index >= 15 is 0 Å². The van der Waals surface area contributed by atoms with Crippen molar-refractivity contribution in [1.82, 2.24) is 4.90 Å². The van der Waals surface area contributed by atoms with Gasteiger partial charge in [0.15, 0.2) is 5.79 Å². The third kappa shape index (κ3) is 11.4. The van der Waals surface area contributed by atoms with Gasteiger partial charge >= 0.3 is 0 Å². The summed E-state index contributed by atoms with van der Waals surface area (Å²) in [4.78, 5) is 2.51. The molecule has 0 aromatic heterocycles. The van der Waals surface area contributed by atoms with Crippen LogP contribution in [0.15, 0.2) is 48.6 Å². The summed E-state index contributed by atoms with van der Waals surface area (Å²) in [5.74, 6) is 0.396. The molecule has 2 bridgehead atoms. The maximum Gasteiger partial charge on any atom is 0.169 e. The monoisotopic (exact) mass is 678 g/mol. The number of nitrogens with zero attached hydrogens (tertiary/aromatic N) is 1. The lowest BCUT2D eigenvalue weighted by atomic mass is 9.76. The van der Waals surface area contributed by atoms with Gasteiger partial charge in [-0.15, -0.1) is 0 Å². The molecule has 3 unspecified atom stereocenters. The van der Waals surface area contributed by atoms with Crippen LogP contribution in [0, 0.1) is 11.3 Å². The number of hydrogen-bond acceptors (Lipinski definition) is 3. The molecule has 5 atom stereocenters. The molecule has 0 aromatic carbocycles. The fourth-order valence-corrected chi connectivity index (χ4v) is 9.88. The van der Waals surface area contributed by atoms with Gasteiger partial charge in [-0.05, 0) is 104 Å². The Morgan fingerprint density at radius 2 is 0.959 bits per heavy atom. The largest absolute Gasteiger partial charge is 0.344 e. The first kappa shape index (κ1) is 40.6. The van der Waals surface area contributed by atoms with Crippen LogP contribution in [0.4, 0.5) is 0 Å². The van der Waals surface area contributed by atoms with Crippen LogP contribution in [0.5, 0.6) is 0 Å². The lowest BCUT2D eigenvalue weighted by molar-refractivity contribution is -0.216. The van der Waals surface area contributed by atoms with Gasteiger partial charge in [0.05, 0.1) is 12.2 Å². The second-order valence-electron chi connectivity index (χ2n) is 16.7. The second-order valence-corrected chi connectivity index (χ2v) is 16.7. The highest BCUT2D eigenvalue weighted by molar-refractivity contribution is 5.44. The summed E-state index contributed by atoms with van der Waals surface area (Å²) in [5.41, 5.74) is 0.807. The quantitative estimate of drug-likeness (QED) is 0.0538. The number of allylic oxidation sites excluding steroid dienone is 8. The second kappa shape index (κ2) is 22.0. The van der Waals surface area contributed by atoms with Gasteiger partial charge in [0.1, 0.15) is 0 Å². The van der Waals surface area contributed by atoms with Crippen molar-refractivity contribution >= 4 is 0 Å². The number of ether oxygens (including phenoxy) is 2. The van der Waals surface area contributed by atoms with E-state index in [9.17, 15) is 0 Å². The van der Waals surface area contributed by atoms with Crippen LogP contribution in [-0.4, -0.2) is 42.5 Å². The molecule has 280 valence electrons. The molecule has 3 nitrogen and oxygen atoms in total. The number of fused-ring (bicyclic) bond motifs is 2. The molecule has 4 aliphatic rings. The SMILES string of the molecule is CCCCC/C=C\C/C=C\CCCCCCCCC1(CCCCCCCC/C=C\C/C=C\CCCCC)O[C@@H]2C3CC4(CC34N(C)C)[C@H]2O1. The Morgan fingerprint density at radius 1 is 0.531 bits per heavy atom. The predicted octanol–water partition coefficient (Wildman–Crippen LogP) is 13.6. The molecule has 0 N–H and O–H groups in total. The zero-order valence-electron chi connectivity index (χ0n) is 32.9. The first-order valence-corrected chi connectivity index (χ1v) is 21.7. The number of rotatable bonds is 31. The van der Waals surface area contributed by atoms with Crippen molar-refractivity contribution in [2.45, 2.75) is 217 Å². The maximum absolute atomic E-state index is 7.12. The molecule has 1 saturated heterocycles. The molecule has 49 heavy (non-hydrogen) atoms. The molecule has 4 fully saturated rings. The van der Waals surface area contributed by atoms with Crippen LogP contribution < -0.4 is 0 Å². The molecule has 3 heteroatoms. The molecule has 1 aliphatic heterocycles. The normalized spacial score (nSPS) is 28.1. The number of hydrogen-bond donors (Lipinski definition) is 0. The first-order chi connectivity index (χ1) is 24.1. The fourth-order valence-electron chi connectivity index (χ4n) is 9.88. The molecule has 1 heterocycles. The topological polar surface area (TPSA) is 21.7 Å². The highest BCUT2D eigenvalue weighted by atomic mass is 16.8. The van der Waals surface area contributed by atoms with Crippen LogP contribution in [0.3, 0.4) is 0 Å². The summed E-state index contributed by atoms with van der Waals surface area (Å²) in [5, 5.41) is 0. The van der Waals surface area contributed by atoms with Crippen molar-refractivity contribution in [3.63, 3.8) is 0 Å². The Bertz CT molecular complexity index is 963. The van der Waals surface area contributed by atoms with Gasteiger partial charge in [-0.25, -0.2) is 0 Å². The van der Waals surface area contributed by atoms with Gasteiger partial charge < -0.3 is 14.4 Å². The van der Waals surface area contributed by atoms with Crippen molar-refractivity contribution in [3.05, 3.63) is 48.6 Å². The zero-order valence-corrected chi connectivity index (χ0v) is 32.9. The van der Waals surface area contributed by atoms with Gasteiger partial charge in [-0.3, -0.25) is 0 Å². The fraction of sp³-hybridized carbons (Fsp3) is 0.826. The molecule has 3 saturated carbocycles. The van der Waals surface area contributed by atoms with Crippen molar-refractivity contribution in [2.24, 2.45) is 11.3 Å². The van der Waals surface area contributed by atoms with Crippen LogP contribution in [0.25, 0.3) is 0 Å². The lowest BCUT2D eigenvalue weighted by Crippen LogP contribution is -2.51. The van der Waals surface area contributed by atoms with Crippen molar-refractivity contribution in [3.8, 4) is 0 Å². The third-order valence-corrected chi connectivity index (χ3v) is 12.8. The average molecular weight is 678 g/mol. The van der Waals surface area contributed by atoms with E-state index in [-0.39, 0.29) is 5.79 Å². The van der Waals surface area contributed by atoms with Crippen molar-refractivity contribution in [2.75, 3.05) is 14.1 Å². The van der Waals surface area contributed by atoms with Gasteiger partial charge in [0.2, 0.25) is 0 Å². The Balaban J connectivity index is 1.06. The summed E-state index contributed by atoms with van der Waals surface area (Å²) >= 11 is 0. The molecule has 0 amide bonds. The Morgan fingerprint density at radius 3 is 1.39 bits per heavy atom. The molecule has 3 aliphatic carbocycles. The van der Waals surface area contributed by atoms with Crippen molar-refractivity contribution < 1.29 is 9.47 Å². The molecular weight excluding hydrogens is 599 g/mol. The van der Waals surface area contributed by atoms with Crippen molar-refractivity contribution in [1.29, 1.82) is 0 Å². The van der Waals surface area contributed by atoms with E-state index in [0.717, 1.165) is 25.7 Å². The molecule has 4 rings (SSSR count). The molecule has 0 spiro atoms. The maximum atomic E-state index is 7.12. The summed E-state index contributed by atoms with van der Waals surface area (Å²) in [6.07, 6.45) is 55.7. The standard InChI is InChI=1S/C46H79NO2/c1-5-7-9-11-13-15-17-19-21-23-25-27-29-31-33-35-37-45(48-42-41-39-44(43(42)49-45)40-46(41,44)47(3)4)38-36-34-32-30-28-26-24-22-20-18-16-14-12-10-8-6-2/h13-16,19-22,41-43H,5-12,17-18,23-40H2,1-4H3/b15-13-,16-14-,21-19-,22-20-/t41?,42-,43+,44?,46?/m1/s1.